The molecular formula is C16H25N3O2. The van der Waals surface area contributed by atoms with Gasteiger partial charge in [0.2, 0.25) is 0 Å². The van der Waals surface area contributed by atoms with E-state index in [4.69, 9.17) is 4.74 Å². The molecule has 0 saturated carbocycles. The normalized spacial score (nSPS) is 15.7. The molecule has 0 aromatic heterocycles. The monoisotopic (exact) mass is 291 g/mol. The lowest BCUT2D eigenvalue weighted by molar-refractivity contribution is 0.0341. The molecule has 1 saturated heterocycles. The van der Waals surface area contributed by atoms with Crippen LogP contribution in [0.5, 0.6) is 0 Å². The first-order valence-corrected chi connectivity index (χ1v) is 7.68. The molecule has 0 aliphatic carbocycles. The van der Waals surface area contributed by atoms with Crippen molar-refractivity contribution < 1.29 is 9.53 Å². The fourth-order valence-corrected chi connectivity index (χ4v) is 2.36. The van der Waals surface area contributed by atoms with E-state index in [1.165, 1.54) is 11.1 Å². The predicted octanol–water partition coefficient (Wildman–Crippen LogP) is 1.73. The zero-order valence-corrected chi connectivity index (χ0v) is 12.7. The van der Waals surface area contributed by atoms with E-state index < -0.39 is 0 Å². The van der Waals surface area contributed by atoms with Crippen LogP contribution in [-0.2, 0) is 17.8 Å². The Morgan fingerprint density at radius 1 is 1.19 bits per heavy atom. The van der Waals surface area contributed by atoms with Crippen molar-refractivity contribution in [2.75, 3.05) is 32.8 Å². The van der Waals surface area contributed by atoms with Crippen molar-refractivity contribution in [3.63, 3.8) is 0 Å². The highest BCUT2D eigenvalue weighted by Crippen LogP contribution is 2.12. The lowest BCUT2D eigenvalue weighted by Gasteiger charge is -2.27. The number of benzene rings is 1. The third-order valence-electron chi connectivity index (χ3n) is 3.59. The van der Waals surface area contributed by atoms with Gasteiger partial charge >= 0.3 is 6.03 Å². The van der Waals surface area contributed by atoms with Crippen molar-refractivity contribution in [3.8, 4) is 0 Å². The molecule has 1 aromatic carbocycles. The molecule has 0 bridgehead atoms. The highest BCUT2D eigenvalue weighted by molar-refractivity contribution is 5.73. The summed E-state index contributed by atoms with van der Waals surface area (Å²) in [5.41, 5.74) is 2.45. The maximum atomic E-state index is 11.6. The number of urea groups is 1. The van der Waals surface area contributed by atoms with Crippen LogP contribution in [0.2, 0.25) is 0 Å². The molecule has 1 aromatic rings. The summed E-state index contributed by atoms with van der Waals surface area (Å²) in [4.78, 5) is 14.0. The van der Waals surface area contributed by atoms with Crippen LogP contribution in [0.3, 0.4) is 0 Å². The number of hydrogen-bond acceptors (Lipinski definition) is 3. The summed E-state index contributed by atoms with van der Waals surface area (Å²) < 4.78 is 5.38. The van der Waals surface area contributed by atoms with Gasteiger partial charge in [0.15, 0.2) is 0 Å². The molecule has 1 aliphatic rings. The molecule has 1 heterocycles. The number of hydrogen-bond donors (Lipinski definition) is 2. The van der Waals surface area contributed by atoms with Crippen LogP contribution >= 0.6 is 0 Å². The second-order valence-electron chi connectivity index (χ2n) is 5.27. The Morgan fingerprint density at radius 3 is 2.62 bits per heavy atom. The van der Waals surface area contributed by atoms with Crippen LogP contribution in [0, 0.1) is 0 Å². The van der Waals surface area contributed by atoms with E-state index in [0.29, 0.717) is 13.1 Å². The Labute approximate surface area is 126 Å². The molecule has 0 radical (unpaired) electrons. The Hall–Kier alpha value is -1.59. The minimum Gasteiger partial charge on any atom is -0.379 e. The summed E-state index contributed by atoms with van der Waals surface area (Å²) in [7, 11) is 0. The van der Waals surface area contributed by atoms with E-state index in [9.17, 15) is 4.79 Å². The summed E-state index contributed by atoms with van der Waals surface area (Å²) >= 11 is 0. The van der Waals surface area contributed by atoms with Crippen LogP contribution in [0.15, 0.2) is 24.3 Å². The minimum atomic E-state index is -0.0991. The summed E-state index contributed by atoms with van der Waals surface area (Å²) in [5.74, 6) is 0. The largest absolute Gasteiger partial charge is 0.379 e. The topological polar surface area (TPSA) is 53.6 Å². The summed E-state index contributed by atoms with van der Waals surface area (Å²) in [6.07, 6.45) is 0.945. The molecule has 5 heteroatoms. The van der Waals surface area contributed by atoms with E-state index in [2.05, 4.69) is 33.7 Å². The third-order valence-corrected chi connectivity index (χ3v) is 3.59. The van der Waals surface area contributed by atoms with Gasteiger partial charge in [-0.1, -0.05) is 31.2 Å². The highest BCUT2D eigenvalue weighted by atomic mass is 16.5. The highest BCUT2D eigenvalue weighted by Gasteiger charge is 2.12. The van der Waals surface area contributed by atoms with Gasteiger partial charge in [0.1, 0.15) is 0 Å². The Morgan fingerprint density at radius 2 is 1.90 bits per heavy atom. The average molecular weight is 291 g/mol. The molecule has 21 heavy (non-hydrogen) atoms. The Kier molecular flexibility index (Phi) is 6.50. The number of carbonyl (C=O) groups excluding carboxylic acids is 1. The number of nitrogens with zero attached hydrogens (tertiary/aromatic N) is 1. The number of carbonyl (C=O) groups is 1. The molecule has 0 unspecified atom stereocenters. The van der Waals surface area contributed by atoms with E-state index in [-0.39, 0.29) is 6.03 Å². The van der Waals surface area contributed by atoms with Crippen molar-refractivity contribution in [3.05, 3.63) is 35.4 Å². The van der Waals surface area contributed by atoms with Crippen LogP contribution in [0.1, 0.15) is 24.5 Å². The van der Waals surface area contributed by atoms with Crippen molar-refractivity contribution in [1.29, 1.82) is 0 Å². The molecule has 1 fully saturated rings. The van der Waals surface area contributed by atoms with Gasteiger partial charge in [-0.3, -0.25) is 4.90 Å². The molecule has 2 N–H and O–H groups in total. The molecule has 5 nitrogen and oxygen atoms in total. The second-order valence-corrected chi connectivity index (χ2v) is 5.27. The van der Waals surface area contributed by atoms with E-state index in [1.807, 2.05) is 13.0 Å². The summed E-state index contributed by atoms with van der Waals surface area (Å²) in [5, 5.41) is 5.74. The standard InChI is InChI=1S/C16H25N3O2/c1-2-7-17-16(20)18-12-14-5-3-4-6-15(14)13-19-8-10-21-11-9-19/h3-6H,2,7-13H2,1H3,(H2,17,18,20). The van der Waals surface area contributed by atoms with Gasteiger partial charge in [-0.05, 0) is 17.5 Å². The SMILES string of the molecule is CCCNC(=O)NCc1ccccc1CN1CCOCC1. The lowest BCUT2D eigenvalue weighted by Crippen LogP contribution is -2.37. The van der Waals surface area contributed by atoms with E-state index in [0.717, 1.165) is 39.3 Å². The fourth-order valence-electron chi connectivity index (χ4n) is 2.36. The van der Waals surface area contributed by atoms with Gasteiger partial charge in [-0.15, -0.1) is 0 Å². The van der Waals surface area contributed by atoms with Gasteiger partial charge in [0.05, 0.1) is 13.2 Å². The Bertz CT molecular complexity index is 445. The molecule has 2 rings (SSSR count). The molecule has 2 amide bonds. The molecule has 0 spiro atoms. The lowest BCUT2D eigenvalue weighted by atomic mass is 10.1. The van der Waals surface area contributed by atoms with Crippen LogP contribution in [0.25, 0.3) is 0 Å². The number of morpholine rings is 1. The average Bonchev–Trinajstić information content (AvgIpc) is 2.53. The maximum Gasteiger partial charge on any atom is 0.315 e. The van der Waals surface area contributed by atoms with Gasteiger partial charge in [-0.25, -0.2) is 4.79 Å². The van der Waals surface area contributed by atoms with Crippen molar-refractivity contribution >= 4 is 6.03 Å². The quantitative estimate of drug-likeness (QED) is 0.839. The van der Waals surface area contributed by atoms with Crippen LogP contribution in [-0.4, -0.2) is 43.8 Å². The minimum absolute atomic E-state index is 0.0991. The third kappa shape index (κ3) is 5.36. The molecule has 116 valence electrons. The second kappa shape index (κ2) is 8.64. The predicted molar refractivity (Wildman–Crippen MR) is 83.1 cm³/mol. The maximum absolute atomic E-state index is 11.6. The van der Waals surface area contributed by atoms with Crippen molar-refractivity contribution in [2.45, 2.75) is 26.4 Å². The smallest absolute Gasteiger partial charge is 0.315 e. The molecular weight excluding hydrogens is 266 g/mol. The Balaban J connectivity index is 1.88. The van der Waals surface area contributed by atoms with Crippen molar-refractivity contribution in [2.24, 2.45) is 0 Å². The van der Waals surface area contributed by atoms with Gasteiger partial charge in [0, 0.05) is 32.7 Å². The molecule has 1 aliphatic heterocycles. The zero-order valence-electron chi connectivity index (χ0n) is 12.7. The first kappa shape index (κ1) is 15.8. The fraction of sp³-hybridized carbons (Fsp3) is 0.562. The zero-order chi connectivity index (χ0) is 14.9. The van der Waals surface area contributed by atoms with E-state index >= 15 is 0 Å². The van der Waals surface area contributed by atoms with Crippen LogP contribution < -0.4 is 10.6 Å². The number of ether oxygens (including phenoxy) is 1. The van der Waals surface area contributed by atoms with Gasteiger partial charge < -0.3 is 15.4 Å². The van der Waals surface area contributed by atoms with Gasteiger partial charge in [-0.2, -0.15) is 0 Å². The van der Waals surface area contributed by atoms with Crippen LogP contribution in [0.4, 0.5) is 4.79 Å². The number of amides is 2. The molecule has 0 atom stereocenters. The number of nitrogens with one attached hydrogen (secondary N) is 2. The summed E-state index contributed by atoms with van der Waals surface area (Å²) in [6, 6.07) is 8.19. The van der Waals surface area contributed by atoms with Gasteiger partial charge in [0.25, 0.3) is 0 Å². The van der Waals surface area contributed by atoms with E-state index in [1.54, 1.807) is 0 Å². The number of rotatable bonds is 6. The first-order chi connectivity index (χ1) is 10.3. The van der Waals surface area contributed by atoms with Crippen molar-refractivity contribution in [1.82, 2.24) is 15.5 Å². The summed E-state index contributed by atoms with van der Waals surface area (Å²) in [6.45, 7) is 7.78. The first-order valence-electron chi connectivity index (χ1n) is 7.68.